The molecule has 104 valence electrons. The van der Waals surface area contributed by atoms with Gasteiger partial charge < -0.3 is 20.9 Å². The molecule has 1 unspecified atom stereocenters. The normalized spacial score (nSPS) is 24.2. The largest absolute Gasteiger partial charge is 0.366 e. The number of hydrogen-bond donors (Lipinski definition) is 3. The summed E-state index contributed by atoms with van der Waals surface area (Å²) in [6, 6.07) is 3.01. The van der Waals surface area contributed by atoms with E-state index in [1.807, 2.05) is 13.0 Å². The Labute approximate surface area is 114 Å². The minimum atomic E-state index is 0.498. The van der Waals surface area contributed by atoms with Crippen molar-refractivity contribution >= 4 is 11.6 Å². The molecule has 1 atom stereocenters. The number of nitrogens with zero attached hydrogens (tertiary/aromatic N) is 3. The van der Waals surface area contributed by atoms with Crippen molar-refractivity contribution in [2.24, 2.45) is 0 Å². The molecular weight excluding hydrogens is 240 g/mol. The Kier molecular flexibility index (Phi) is 3.52. The van der Waals surface area contributed by atoms with Crippen LogP contribution in [0.15, 0.2) is 6.07 Å². The number of rotatable bonds is 4. The minimum absolute atomic E-state index is 0.498. The van der Waals surface area contributed by atoms with Gasteiger partial charge in [-0.2, -0.15) is 0 Å². The van der Waals surface area contributed by atoms with Crippen LogP contribution in [-0.2, 0) is 0 Å². The van der Waals surface area contributed by atoms with Crippen LogP contribution < -0.4 is 16.0 Å². The van der Waals surface area contributed by atoms with E-state index in [1.165, 1.54) is 6.42 Å². The van der Waals surface area contributed by atoms with Crippen LogP contribution in [0.2, 0.25) is 0 Å². The van der Waals surface area contributed by atoms with Gasteiger partial charge >= 0.3 is 0 Å². The molecule has 2 aliphatic heterocycles. The molecule has 2 saturated heterocycles. The first-order valence-corrected chi connectivity index (χ1v) is 6.97. The Balaban J connectivity index is 1.66. The van der Waals surface area contributed by atoms with Gasteiger partial charge in [0.2, 0.25) is 0 Å². The summed E-state index contributed by atoms with van der Waals surface area (Å²) in [5.41, 5.74) is 0. The van der Waals surface area contributed by atoms with Gasteiger partial charge in [-0.15, -0.1) is 0 Å². The molecule has 3 rings (SSSR count). The van der Waals surface area contributed by atoms with E-state index in [-0.39, 0.29) is 0 Å². The number of nitrogens with one attached hydrogen (secondary N) is 3. The van der Waals surface area contributed by atoms with Crippen molar-refractivity contribution in [3.63, 3.8) is 0 Å². The van der Waals surface area contributed by atoms with Gasteiger partial charge in [-0.05, 0) is 26.9 Å². The molecule has 19 heavy (non-hydrogen) atoms. The van der Waals surface area contributed by atoms with Gasteiger partial charge in [-0.1, -0.05) is 0 Å². The Morgan fingerprint density at radius 2 is 1.89 bits per heavy atom. The van der Waals surface area contributed by atoms with Crippen LogP contribution >= 0.6 is 0 Å². The second-order valence-corrected chi connectivity index (χ2v) is 5.58. The molecule has 3 N–H and O–H groups in total. The van der Waals surface area contributed by atoms with Gasteiger partial charge in [0, 0.05) is 31.7 Å². The third kappa shape index (κ3) is 3.13. The van der Waals surface area contributed by atoms with Crippen molar-refractivity contribution in [1.29, 1.82) is 0 Å². The molecule has 0 aliphatic carbocycles. The second kappa shape index (κ2) is 5.30. The van der Waals surface area contributed by atoms with Crippen LogP contribution in [0.4, 0.5) is 11.6 Å². The lowest BCUT2D eigenvalue weighted by Gasteiger charge is -2.28. The van der Waals surface area contributed by atoms with Gasteiger partial charge in [0.1, 0.15) is 17.5 Å². The molecule has 3 heterocycles. The third-order valence-corrected chi connectivity index (χ3v) is 3.71. The fourth-order valence-electron chi connectivity index (χ4n) is 2.58. The maximum Gasteiger partial charge on any atom is 0.132 e. The van der Waals surface area contributed by atoms with Crippen LogP contribution in [0.25, 0.3) is 0 Å². The van der Waals surface area contributed by atoms with Crippen LogP contribution in [0, 0.1) is 6.92 Å². The van der Waals surface area contributed by atoms with Crippen molar-refractivity contribution in [2.45, 2.75) is 25.4 Å². The maximum atomic E-state index is 4.48. The molecule has 0 amide bonds. The highest BCUT2D eigenvalue weighted by Gasteiger charge is 2.20. The Morgan fingerprint density at radius 1 is 1.21 bits per heavy atom. The highest BCUT2D eigenvalue weighted by atomic mass is 15.2. The summed E-state index contributed by atoms with van der Waals surface area (Å²) >= 11 is 0. The predicted molar refractivity (Wildman–Crippen MR) is 76.6 cm³/mol. The van der Waals surface area contributed by atoms with Crippen LogP contribution in [-0.4, -0.2) is 60.2 Å². The van der Waals surface area contributed by atoms with Gasteiger partial charge in [0.15, 0.2) is 0 Å². The lowest BCUT2D eigenvalue weighted by atomic mass is 10.2. The van der Waals surface area contributed by atoms with Crippen molar-refractivity contribution in [2.75, 3.05) is 43.9 Å². The molecule has 0 bridgehead atoms. The summed E-state index contributed by atoms with van der Waals surface area (Å²) in [6.07, 6.45) is 1.18. The number of likely N-dealkylation sites (N-methyl/N-ethyl adjacent to an activating group) is 1. The minimum Gasteiger partial charge on any atom is -0.366 e. The fraction of sp³-hybridized carbons (Fsp3) is 0.692. The highest BCUT2D eigenvalue weighted by molar-refractivity contribution is 5.49. The SMILES string of the molecule is Cc1nc(NC2CNC2)cc(NC2CCN(C)C2)n1. The molecule has 2 aliphatic rings. The van der Waals surface area contributed by atoms with E-state index in [9.17, 15) is 0 Å². The Bertz CT molecular complexity index is 445. The monoisotopic (exact) mass is 262 g/mol. The molecule has 0 aromatic carbocycles. The van der Waals surface area contributed by atoms with Gasteiger partial charge in [-0.25, -0.2) is 9.97 Å². The lowest BCUT2D eigenvalue weighted by Crippen LogP contribution is -2.51. The van der Waals surface area contributed by atoms with E-state index < -0.39 is 0 Å². The van der Waals surface area contributed by atoms with E-state index >= 15 is 0 Å². The van der Waals surface area contributed by atoms with Gasteiger partial charge in [-0.3, -0.25) is 0 Å². The topological polar surface area (TPSA) is 65.1 Å². The smallest absolute Gasteiger partial charge is 0.132 e. The zero-order chi connectivity index (χ0) is 13.2. The van der Waals surface area contributed by atoms with E-state index in [4.69, 9.17) is 0 Å². The number of likely N-dealkylation sites (tertiary alicyclic amines) is 1. The second-order valence-electron chi connectivity index (χ2n) is 5.58. The Hall–Kier alpha value is -1.40. The summed E-state index contributed by atoms with van der Waals surface area (Å²) in [6.45, 7) is 6.20. The Morgan fingerprint density at radius 3 is 2.42 bits per heavy atom. The lowest BCUT2D eigenvalue weighted by molar-refractivity contribution is 0.414. The molecular formula is C13H22N6. The quantitative estimate of drug-likeness (QED) is 0.724. The molecule has 6 heteroatoms. The van der Waals surface area contributed by atoms with E-state index in [0.29, 0.717) is 12.1 Å². The molecule has 6 nitrogen and oxygen atoms in total. The van der Waals surface area contributed by atoms with E-state index in [2.05, 4.69) is 37.9 Å². The summed E-state index contributed by atoms with van der Waals surface area (Å²) < 4.78 is 0. The zero-order valence-electron chi connectivity index (χ0n) is 11.6. The molecule has 1 aromatic heterocycles. The predicted octanol–water partition coefficient (Wildman–Crippen LogP) is 0.285. The number of hydrogen-bond acceptors (Lipinski definition) is 6. The summed E-state index contributed by atoms with van der Waals surface area (Å²) in [5.74, 6) is 2.67. The van der Waals surface area contributed by atoms with Crippen molar-refractivity contribution in [3.05, 3.63) is 11.9 Å². The van der Waals surface area contributed by atoms with Gasteiger partial charge in [0.05, 0.1) is 6.04 Å². The van der Waals surface area contributed by atoms with Gasteiger partial charge in [0.25, 0.3) is 0 Å². The molecule has 2 fully saturated rings. The first-order valence-electron chi connectivity index (χ1n) is 6.97. The molecule has 0 saturated carbocycles. The number of anilines is 2. The molecule has 0 spiro atoms. The summed E-state index contributed by atoms with van der Waals surface area (Å²) in [7, 11) is 2.16. The van der Waals surface area contributed by atoms with E-state index in [1.54, 1.807) is 0 Å². The van der Waals surface area contributed by atoms with Crippen molar-refractivity contribution in [3.8, 4) is 0 Å². The standard InChI is InChI=1S/C13H22N6/c1-9-15-12(17-10-3-4-19(2)8-10)5-13(16-9)18-11-6-14-7-11/h5,10-11,14H,3-4,6-8H2,1-2H3,(H2,15,16,17,18). The summed E-state index contributed by atoms with van der Waals surface area (Å²) in [4.78, 5) is 11.3. The average Bonchev–Trinajstić information content (AvgIpc) is 2.69. The van der Waals surface area contributed by atoms with Crippen LogP contribution in [0.3, 0.4) is 0 Å². The first-order chi connectivity index (χ1) is 9.19. The zero-order valence-corrected chi connectivity index (χ0v) is 11.6. The highest BCUT2D eigenvalue weighted by Crippen LogP contribution is 2.17. The molecule has 0 radical (unpaired) electrons. The third-order valence-electron chi connectivity index (χ3n) is 3.71. The van der Waals surface area contributed by atoms with Crippen LogP contribution in [0.1, 0.15) is 12.2 Å². The number of aromatic nitrogens is 2. The van der Waals surface area contributed by atoms with Crippen molar-refractivity contribution in [1.82, 2.24) is 20.2 Å². The maximum absolute atomic E-state index is 4.48. The average molecular weight is 262 g/mol. The first kappa shape index (κ1) is 12.6. The number of aryl methyl sites for hydroxylation is 1. The van der Waals surface area contributed by atoms with Crippen LogP contribution in [0.5, 0.6) is 0 Å². The van der Waals surface area contributed by atoms with E-state index in [0.717, 1.165) is 43.6 Å². The molecule has 1 aromatic rings. The summed E-state index contributed by atoms with van der Waals surface area (Å²) in [5, 5.41) is 10.2. The fourth-order valence-corrected chi connectivity index (χ4v) is 2.58. The van der Waals surface area contributed by atoms with Crippen molar-refractivity contribution < 1.29 is 0 Å².